The summed E-state index contributed by atoms with van der Waals surface area (Å²) in [6.45, 7) is 0. The Kier molecular flexibility index (Phi) is 2.83. The third-order valence-corrected chi connectivity index (χ3v) is 1.74. The van der Waals surface area contributed by atoms with Gasteiger partial charge in [-0.15, -0.1) is 0 Å². The Hall–Kier alpha value is -2.33. The van der Waals surface area contributed by atoms with Gasteiger partial charge < -0.3 is 5.11 Å². The van der Waals surface area contributed by atoms with Crippen molar-refractivity contribution in [3.05, 3.63) is 34.9 Å². The maximum absolute atomic E-state index is 10.6. The number of benzene rings is 1. The van der Waals surface area contributed by atoms with Crippen LogP contribution in [0.1, 0.15) is 21.5 Å². The van der Waals surface area contributed by atoms with E-state index in [0.717, 1.165) is 0 Å². The Morgan fingerprint density at radius 2 is 2.14 bits per heavy atom. The minimum absolute atomic E-state index is 0.0456. The SMILES string of the molecule is N#CCc1cc(C(=O)O)ccc1C#N. The molecule has 4 nitrogen and oxygen atoms in total. The number of hydrogen-bond acceptors (Lipinski definition) is 3. The first-order valence-corrected chi connectivity index (χ1v) is 3.82. The van der Waals surface area contributed by atoms with E-state index < -0.39 is 5.97 Å². The van der Waals surface area contributed by atoms with Crippen molar-refractivity contribution in [2.45, 2.75) is 6.42 Å². The summed E-state index contributed by atoms with van der Waals surface area (Å²) in [5.41, 5.74) is 0.890. The van der Waals surface area contributed by atoms with Crippen molar-refractivity contribution in [2.75, 3.05) is 0 Å². The summed E-state index contributed by atoms with van der Waals surface area (Å²) in [4.78, 5) is 10.6. The molecule has 4 heteroatoms. The summed E-state index contributed by atoms with van der Waals surface area (Å²) in [7, 11) is 0. The number of hydrogen-bond donors (Lipinski definition) is 1. The van der Waals surface area contributed by atoms with Gasteiger partial charge in [-0.05, 0) is 23.8 Å². The molecule has 0 spiro atoms. The van der Waals surface area contributed by atoms with Crippen LogP contribution in [0.4, 0.5) is 0 Å². The lowest BCUT2D eigenvalue weighted by atomic mass is 10.0. The van der Waals surface area contributed by atoms with E-state index in [1.807, 2.05) is 12.1 Å². The van der Waals surface area contributed by atoms with Gasteiger partial charge in [0, 0.05) is 0 Å². The highest BCUT2D eigenvalue weighted by Crippen LogP contribution is 2.11. The summed E-state index contributed by atoms with van der Waals surface area (Å²) < 4.78 is 0. The first kappa shape index (κ1) is 9.76. The van der Waals surface area contributed by atoms with E-state index in [1.54, 1.807) is 0 Å². The molecule has 1 aromatic rings. The van der Waals surface area contributed by atoms with E-state index >= 15 is 0 Å². The Balaban J connectivity index is 3.23. The van der Waals surface area contributed by atoms with Gasteiger partial charge in [0.05, 0.1) is 29.7 Å². The normalized spacial score (nSPS) is 8.71. The lowest BCUT2D eigenvalue weighted by Crippen LogP contribution is -1.99. The van der Waals surface area contributed by atoms with Crippen molar-refractivity contribution in [1.29, 1.82) is 10.5 Å². The van der Waals surface area contributed by atoms with E-state index in [4.69, 9.17) is 15.6 Å². The molecule has 0 aliphatic heterocycles. The molecule has 0 saturated carbocycles. The standard InChI is InChI=1S/C10H6N2O2/c11-4-3-7-5-8(10(13)14)1-2-9(7)6-12/h1-2,5H,3H2,(H,13,14). The average Bonchev–Trinajstić information content (AvgIpc) is 2.18. The number of nitrogens with zero attached hydrogens (tertiary/aromatic N) is 2. The van der Waals surface area contributed by atoms with Gasteiger partial charge in [0.1, 0.15) is 0 Å². The molecular weight excluding hydrogens is 180 g/mol. The molecule has 68 valence electrons. The molecule has 1 aromatic carbocycles. The topological polar surface area (TPSA) is 84.9 Å². The van der Waals surface area contributed by atoms with Crippen molar-refractivity contribution >= 4 is 5.97 Å². The minimum atomic E-state index is -1.06. The van der Waals surface area contributed by atoms with Crippen molar-refractivity contribution in [1.82, 2.24) is 0 Å². The lowest BCUT2D eigenvalue weighted by molar-refractivity contribution is 0.0697. The predicted octanol–water partition coefficient (Wildman–Crippen LogP) is 1.32. The van der Waals surface area contributed by atoms with Gasteiger partial charge in [0.2, 0.25) is 0 Å². The van der Waals surface area contributed by atoms with Gasteiger partial charge in [0.25, 0.3) is 0 Å². The molecule has 0 fully saturated rings. The van der Waals surface area contributed by atoms with Gasteiger partial charge in [-0.1, -0.05) is 0 Å². The van der Waals surface area contributed by atoms with Gasteiger partial charge in [-0.3, -0.25) is 0 Å². The van der Waals surface area contributed by atoms with Crippen LogP contribution in [0.5, 0.6) is 0 Å². The van der Waals surface area contributed by atoms with Gasteiger partial charge >= 0.3 is 5.97 Å². The van der Waals surface area contributed by atoms with E-state index in [1.165, 1.54) is 18.2 Å². The highest BCUT2D eigenvalue weighted by Gasteiger charge is 2.07. The minimum Gasteiger partial charge on any atom is -0.478 e. The summed E-state index contributed by atoms with van der Waals surface area (Å²) in [6.07, 6.45) is 0.0456. The van der Waals surface area contributed by atoms with Crippen molar-refractivity contribution in [3.8, 4) is 12.1 Å². The van der Waals surface area contributed by atoms with Crippen LogP contribution < -0.4 is 0 Å². The molecular formula is C10H6N2O2. The van der Waals surface area contributed by atoms with Gasteiger partial charge in [-0.2, -0.15) is 10.5 Å². The molecule has 1 rings (SSSR count). The van der Waals surface area contributed by atoms with Crippen LogP contribution in [0, 0.1) is 22.7 Å². The molecule has 0 radical (unpaired) electrons. The van der Waals surface area contributed by atoms with E-state index in [9.17, 15) is 4.79 Å². The fourth-order valence-electron chi connectivity index (χ4n) is 1.07. The molecule has 0 heterocycles. The molecule has 0 atom stereocenters. The Labute approximate surface area is 80.6 Å². The maximum Gasteiger partial charge on any atom is 0.335 e. The highest BCUT2D eigenvalue weighted by molar-refractivity contribution is 5.88. The second kappa shape index (κ2) is 4.06. The zero-order chi connectivity index (χ0) is 10.6. The van der Waals surface area contributed by atoms with Crippen LogP contribution in [0.15, 0.2) is 18.2 Å². The molecule has 0 aliphatic carbocycles. The van der Waals surface area contributed by atoms with Crippen LogP contribution in [0.3, 0.4) is 0 Å². The summed E-state index contributed by atoms with van der Waals surface area (Å²) in [5, 5.41) is 25.8. The molecule has 0 aliphatic rings. The zero-order valence-corrected chi connectivity index (χ0v) is 7.19. The molecule has 1 N–H and O–H groups in total. The zero-order valence-electron chi connectivity index (χ0n) is 7.19. The lowest BCUT2D eigenvalue weighted by Gasteiger charge is -2.00. The third kappa shape index (κ3) is 1.88. The van der Waals surface area contributed by atoms with Gasteiger partial charge in [-0.25, -0.2) is 4.79 Å². The second-order valence-corrected chi connectivity index (χ2v) is 2.62. The second-order valence-electron chi connectivity index (χ2n) is 2.62. The van der Waals surface area contributed by atoms with Crippen LogP contribution in [-0.2, 0) is 6.42 Å². The monoisotopic (exact) mass is 186 g/mol. The van der Waals surface area contributed by atoms with E-state index in [0.29, 0.717) is 11.1 Å². The third-order valence-electron chi connectivity index (χ3n) is 1.74. The van der Waals surface area contributed by atoms with Crippen LogP contribution in [-0.4, -0.2) is 11.1 Å². The van der Waals surface area contributed by atoms with Crippen LogP contribution in [0.25, 0.3) is 0 Å². The number of carbonyl (C=O) groups is 1. The Bertz CT molecular complexity index is 452. The molecule has 0 unspecified atom stereocenters. The first-order chi connectivity index (χ1) is 6.69. The fraction of sp³-hybridized carbons (Fsp3) is 0.100. The van der Waals surface area contributed by atoms with Crippen LogP contribution in [0.2, 0.25) is 0 Å². The Morgan fingerprint density at radius 3 is 2.64 bits per heavy atom. The number of carboxylic acids is 1. The predicted molar refractivity (Wildman–Crippen MR) is 47.4 cm³/mol. The summed E-state index contributed by atoms with van der Waals surface area (Å²) in [5.74, 6) is -1.06. The number of rotatable bonds is 2. The van der Waals surface area contributed by atoms with Crippen molar-refractivity contribution < 1.29 is 9.90 Å². The molecule has 14 heavy (non-hydrogen) atoms. The first-order valence-electron chi connectivity index (χ1n) is 3.82. The van der Waals surface area contributed by atoms with Crippen molar-refractivity contribution in [3.63, 3.8) is 0 Å². The summed E-state index contributed by atoms with van der Waals surface area (Å²) in [6, 6.07) is 7.90. The Morgan fingerprint density at radius 1 is 1.43 bits per heavy atom. The van der Waals surface area contributed by atoms with Crippen molar-refractivity contribution in [2.24, 2.45) is 0 Å². The molecule has 0 aromatic heterocycles. The maximum atomic E-state index is 10.6. The smallest absolute Gasteiger partial charge is 0.335 e. The largest absolute Gasteiger partial charge is 0.478 e. The quantitative estimate of drug-likeness (QED) is 0.754. The number of aromatic carboxylic acids is 1. The summed E-state index contributed by atoms with van der Waals surface area (Å²) >= 11 is 0. The van der Waals surface area contributed by atoms with E-state index in [-0.39, 0.29) is 12.0 Å². The number of nitriles is 2. The molecule has 0 saturated heterocycles. The van der Waals surface area contributed by atoms with Gasteiger partial charge in [0.15, 0.2) is 0 Å². The number of carboxylic acid groups (broad SMARTS) is 1. The van der Waals surface area contributed by atoms with Crippen LogP contribution >= 0.6 is 0 Å². The molecule has 0 amide bonds. The van der Waals surface area contributed by atoms with E-state index in [2.05, 4.69) is 0 Å². The highest BCUT2D eigenvalue weighted by atomic mass is 16.4. The molecule has 0 bridgehead atoms. The fourth-order valence-corrected chi connectivity index (χ4v) is 1.07. The average molecular weight is 186 g/mol.